The SMILES string of the molecule is CCC(OC)C(N)Cc1cnccc1N. The predicted octanol–water partition coefficient (Wildman–Crippen LogP) is 0.959. The molecule has 0 aliphatic rings. The first-order valence-corrected chi connectivity index (χ1v) is 5.15. The first-order valence-electron chi connectivity index (χ1n) is 5.15. The molecule has 0 radical (unpaired) electrons. The van der Waals surface area contributed by atoms with Crippen molar-refractivity contribution in [3.63, 3.8) is 0 Å². The molecule has 0 fully saturated rings. The maximum absolute atomic E-state index is 6.03. The van der Waals surface area contributed by atoms with Crippen LogP contribution in [0.2, 0.25) is 0 Å². The maximum Gasteiger partial charge on any atom is 0.0722 e. The van der Waals surface area contributed by atoms with E-state index in [4.69, 9.17) is 16.2 Å². The zero-order valence-electron chi connectivity index (χ0n) is 9.31. The second-order valence-electron chi connectivity index (χ2n) is 3.62. The predicted molar refractivity (Wildman–Crippen MR) is 61.4 cm³/mol. The van der Waals surface area contributed by atoms with Crippen molar-refractivity contribution in [1.82, 2.24) is 4.98 Å². The summed E-state index contributed by atoms with van der Waals surface area (Å²) in [5.41, 5.74) is 13.6. The van der Waals surface area contributed by atoms with E-state index in [1.165, 1.54) is 0 Å². The first-order chi connectivity index (χ1) is 7.19. The molecule has 1 heterocycles. The summed E-state index contributed by atoms with van der Waals surface area (Å²) in [5, 5.41) is 0. The average Bonchev–Trinajstić information content (AvgIpc) is 2.23. The molecule has 84 valence electrons. The van der Waals surface area contributed by atoms with Crippen molar-refractivity contribution in [1.29, 1.82) is 0 Å². The molecule has 15 heavy (non-hydrogen) atoms. The summed E-state index contributed by atoms with van der Waals surface area (Å²) >= 11 is 0. The zero-order valence-corrected chi connectivity index (χ0v) is 9.31. The maximum atomic E-state index is 6.03. The van der Waals surface area contributed by atoms with Gasteiger partial charge in [0.1, 0.15) is 0 Å². The lowest BCUT2D eigenvalue weighted by molar-refractivity contribution is 0.0773. The van der Waals surface area contributed by atoms with E-state index in [0.29, 0.717) is 6.42 Å². The molecule has 4 heteroatoms. The van der Waals surface area contributed by atoms with Gasteiger partial charge in [-0.1, -0.05) is 6.92 Å². The van der Waals surface area contributed by atoms with E-state index in [1.807, 2.05) is 0 Å². The molecule has 1 aromatic heterocycles. The summed E-state index contributed by atoms with van der Waals surface area (Å²) in [4.78, 5) is 4.03. The van der Waals surface area contributed by atoms with Crippen LogP contribution in [0.3, 0.4) is 0 Å². The number of aromatic nitrogens is 1. The van der Waals surface area contributed by atoms with Gasteiger partial charge in [0.15, 0.2) is 0 Å². The smallest absolute Gasteiger partial charge is 0.0722 e. The van der Waals surface area contributed by atoms with Gasteiger partial charge in [-0.05, 0) is 24.5 Å². The summed E-state index contributed by atoms with van der Waals surface area (Å²) < 4.78 is 5.29. The van der Waals surface area contributed by atoms with Crippen LogP contribution in [-0.4, -0.2) is 24.2 Å². The van der Waals surface area contributed by atoms with Crippen molar-refractivity contribution in [2.45, 2.75) is 31.9 Å². The van der Waals surface area contributed by atoms with Gasteiger partial charge in [-0.3, -0.25) is 4.98 Å². The van der Waals surface area contributed by atoms with Gasteiger partial charge in [-0.25, -0.2) is 0 Å². The van der Waals surface area contributed by atoms with Crippen LogP contribution in [0.25, 0.3) is 0 Å². The van der Waals surface area contributed by atoms with Gasteiger partial charge in [0, 0.05) is 31.2 Å². The third-order valence-electron chi connectivity index (χ3n) is 2.58. The molecule has 4 nitrogen and oxygen atoms in total. The van der Waals surface area contributed by atoms with Crippen LogP contribution < -0.4 is 11.5 Å². The van der Waals surface area contributed by atoms with Gasteiger partial charge in [-0.15, -0.1) is 0 Å². The lowest BCUT2D eigenvalue weighted by Gasteiger charge is -2.21. The number of nitrogens with two attached hydrogens (primary N) is 2. The Kier molecular flexibility index (Phi) is 4.52. The average molecular weight is 209 g/mol. The van der Waals surface area contributed by atoms with Crippen LogP contribution >= 0.6 is 0 Å². The first kappa shape index (κ1) is 11.9. The Morgan fingerprint density at radius 3 is 2.80 bits per heavy atom. The Balaban J connectivity index is 2.65. The van der Waals surface area contributed by atoms with Crippen molar-refractivity contribution in [2.75, 3.05) is 12.8 Å². The molecule has 1 rings (SSSR count). The van der Waals surface area contributed by atoms with E-state index in [0.717, 1.165) is 17.7 Å². The number of pyridine rings is 1. The number of hydrogen-bond acceptors (Lipinski definition) is 4. The Morgan fingerprint density at radius 1 is 1.53 bits per heavy atom. The molecule has 0 spiro atoms. The highest BCUT2D eigenvalue weighted by Crippen LogP contribution is 2.13. The lowest BCUT2D eigenvalue weighted by Crippen LogP contribution is -2.37. The van der Waals surface area contributed by atoms with Gasteiger partial charge in [0.25, 0.3) is 0 Å². The summed E-state index contributed by atoms with van der Waals surface area (Å²) in [5.74, 6) is 0. The molecular formula is C11H19N3O. The Morgan fingerprint density at radius 2 is 2.27 bits per heavy atom. The molecule has 2 atom stereocenters. The van der Waals surface area contributed by atoms with Crippen molar-refractivity contribution in [3.8, 4) is 0 Å². The van der Waals surface area contributed by atoms with Crippen LogP contribution in [0.5, 0.6) is 0 Å². The molecule has 1 aromatic rings. The van der Waals surface area contributed by atoms with E-state index < -0.39 is 0 Å². The molecule has 4 N–H and O–H groups in total. The van der Waals surface area contributed by atoms with Gasteiger partial charge in [-0.2, -0.15) is 0 Å². The molecule has 0 aliphatic heterocycles. The zero-order chi connectivity index (χ0) is 11.3. The van der Waals surface area contributed by atoms with Gasteiger partial charge >= 0.3 is 0 Å². The van der Waals surface area contributed by atoms with Gasteiger partial charge < -0.3 is 16.2 Å². The molecule has 0 saturated carbocycles. The summed E-state index contributed by atoms with van der Waals surface area (Å²) in [6.07, 6.45) is 5.11. The second kappa shape index (κ2) is 5.68. The van der Waals surface area contributed by atoms with Crippen molar-refractivity contribution < 1.29 is 4.74 Å². The summed E-state index contributed by atoms with van der Waals surface area (Å²) in [6.45, 7) is 2.06. The number of ether oxygens (including phenoxy) is 1. The minimum Gasteiger partial charge on any atom is -0.398 e. The summed E-state index contributed by atoms with van der Waals surface area (Å²) in [7, 11) is 1.68. The third kappa shape index (κ3) is 3.18. The number of rotatable bonds is 5. The minimum atomic E-state index is -0.0356. The van der Waals surface area contributed by atoms with Crippen LogP contribution in [0.15, 0.2) is 18.5 Å². The lowest BCUT2D eigenvalue weighted by atomic mass is 10.0. The highest BCUT2D eigenvalue weighted by molar-refractivity contribution is 5.44. The van der Waals surface area contributed by atoms with E-state index in [2.05, 4.69) is 11.9 Å². The van der Waals surface area contributed by atoms with E-state index in [-0.39, 0.29) is 12.1 Å². The standard InChI is InChI=1S/C11H19N3O/c1-3-11(15-2)10(13)6-8-7-14-5-4-9(8)12/h4-5,7,10-11H,3,6,13H2,1-2H3,(H2,12,14). The molecule has 0 saturated heterocycles. The second-order valence-corrected chi connectivity index (χ2v) is 3.62. The minimum absolute atomic E-state index is 0.0356. The topological polar surface area (TPSA) is 74.2 Å². The fraction of sp³-hybridized carbons (Fsp3) is 0.545. The number of nitrogen functional groups attached to an aromatic ring is 1. The van der Waals surface area contributed by atoms with Crippen molar-refractivity contribution in [3.05, 3.63) is 24.0 Å². The number of methoxy groups -OCH3 is 1. The van der Waals surface area contributed by atoms with Crippen LogP contribution in [0.1, 0.15) is 18.9 Å². The Bertz CT molecular complexity index is 300. The molecular weight excluding hydrogens is 190 g/mol. The summed E-state index contributed by atoms with van der Waals surface area (Å²) in [6, 6.07) is 1.75. The van der Waals surface area contributed by atoms with Gasteiger partial charge in [0.05, 0.1) is 6.10 Å². The molecule has 2 unspecified atom stereocenters. The monoisotopic (exact) mass is 209 g/mol. The normalized spacial score (nSPS) is 14.9. The largest absolute Gasteiger partial charge is 0.398 e. The van der Waals surface area contributed by atoms with Crippen LogP contribution in [-0.2, 0) is 11.2 Å². The van der Waals surface area contributed by atoms with E-state index >= 15 is 0 Å². The highest BCUT2D eigenvalue weighted by atomic mass is 16.5. The quantitative estimate of drug-likeness (QED) is 0.757. The van der Waals surface area contributed by atoms with Crippen molar-refractivity contribution in [2.24, 2.45) is 5.73 Å². The highest BCUT2D eigenvalue weighted by Gasteiger charge is 2.16. The number of nitrogens with zero attached hydrogens (tertiary/aromatic N) is 1. The fourth-order valence-electron chi connectivity index (χ4n) is 1.64. The van der Waals surface area contributed by atoms with E-state index in [9.17, 15) is 0 Å². The molecule has 0 aliphatic carbocycles. The van der Waals surface area contributed by atoms with Gasteiger partial charge in [0.2, 0.25) is 0 Å². The Hall–Kier alpha value is -1.13. The molecule has 0 amide bonds. The number of hydrogen-bond donors (Lipinski definition) is 2. The van der Waals surface area contributed by atoms with E-state index in [1.54, 1.807) is 25.6 Å². The fourth-order valence-corrected chi connectivity index (χ4v) is 1.64. The number of anilines is 1. The third-order valence-corrected chi connectivity index (χ3v) is 2.58. The molecule has 0 bridgehead atoms. The Labute approximate surface area is 90.6 Å². The van der Waals surface area contributed by atoms with Crippen molar-refractivity contribution >= 4 is 5.69 Å². The molecule has 0 aromatic carbocycles. The van der Waals surface area contributed by atoms with Crippen LogP contribution in [0.4, 0.5) is 5.69 Å². The van der Waals surface area contributed by atoms with Crippen LogP contribution in [0, 0.1) is 0 Å².